The summed E-state index contributed by atoms with van der Waals surface area (Å²) in [6, 6.07) is 4.64. The molecule has 0 radical (unpaired) electrons. The fourth-order valence-corrected chi connectivity index (χ4v) is 2.56. The summed E-state index contributed by atoms with van der Waals surface area (Å²) in [6.07, 6.45) is 6.38. The van der Waals surface area contributed by atoms with Crippen LogP contribution < -0.4 is 10.5 Å². The molecule has 1 fully saturated rings. The van der Waals surface area contributed by atoms with Gasteiger partial charge in [0.25, 0.3) is 0 Å². The predicted octanol–water partition coefficient (Wildman–Crippen LogP) is 2.35. The van der Waals surface area contributed by atoms with Crippen LogP contribution >= 0.6 is 0 Å². The van der Waals surface area contributed by atoms with Crippen LogP contribution in [0.5, 0.6) is 5.75 Å². The van der Waals surface area contributed by atoms with E-state index in [1.54, 1.807) is 6.20 Å². The van der Waals surface area contributed by atoms with Crippen molar-refractivity contribution in [2.24, 2.45) is 5.73 Å². The van der Waals surface area contributed by atoms with Gasteiger partial charge in [-0.3, -0.25) is 4.98 Å². The van der Waals surface area contributed by atoms with Crippen LogP contribution in [0.1, 0.15) is 44.3 Å². The van der Waals surface area contributed by atoms with Crippen molar-refractivity contribution in [3.05, 3.63) is 24.0 Å². The minimum atomic E-state index is 0.0289. The molecular formula is C15H25N3O. The topological polar surface area (TPSA) is 51.4 Å². The molecule has 2 heterocycles. The molecule has 19 heavy (non-hydrogen) atoms. The second-order valence-electron chi connectivity index (χ2n) is 5.35. The van der Waals surface area contributed by atoms with E-state index >= 15 is 0 Å². The van der Waals surface area contributed by atoms with Crippen LogP contribution in [0.4, 0.5) is 0 Å². The third-order valence-corrected chi connectivity index (χ3v) is 3.97. The van der Waals surface area contributed by atoms with Crippen molar-refractivity contribution in [2.45, 2.75) is 44.7 Å². The maximum Gasteiger partial charge on any atom is 0.137 e. The molecule has 0 bridgehead atoms. The summed E-state index contributed by atoms with van der Waals surface area (Å²) >= 11 is 0. The normalized spacial score (nSPS) is 21.5. The van der Waals surface area contributed by atoms with Gasteiger partial charge in [0.1, 0.15) is 5.75 Å². The quantitative estimate of drug-likeness (QED) is 0.856. The third-order valence-electron chi connectivity index (χ3n) is 3.97. The molecule has 4 heteroatoms. The third kappa shape index (κ3) is 3.91. The van der Waals surface area contributed by atoms with Gasteiger partial charge in [-0.15, -0.1) is 0 Å². The van der Waals surface area contributed by atoms with Gasteiger partial charge in [-0.2, -0.15) is 0 Å². The minimum absolute atomic E-state index is 0.0289. The van der Waals surface area contributed by atoms with Crippen molar-refractivity contribution >= 4 is 0 Å². The van der Waals surface area contributed by atoms with E-state index in [2.05, 4.69) is 23.9 Å². The standard InChI is InChI=1S/C15H25N3O/c1-3-14(16)15-7-6-13(11-17-15)19-10-8-12-5-4-9-18(12)2/h6-7,11-12,14H,3-5,8-10,16H2,1-2H3/t12?,14-/m0/s1. The van der Waals surface area contributed by atoms with Crippen molar-refractivity contribution in [3.8, 4) is 5.75 Å². The van der Waals surface area contributed by atoms with Crippen molar-refractivity contribution < 1.29 is 4.74 Å². The number of hydrogen-bond donors (Lipinski definition) is 1. The summed E-state index contributed by atoms with van der Waals surface area (Å²) in [6.45, 7) is 4.04. The van der Waals surface area contributed by atoms with Crippen LogP contribution in [0.2, 0.25) is 0 Å². The molecule has 1 aromatic heterocycles. The van der Waals surface area contributed by atoms with Gasteiger partial charge < -0.3 is 15.4 Å². The predicted molar refractivity (Wildman–Crippen MR) is 77.2 cm³/mol. The highest BCUT2D eigenvalue weighted by Crippen LogP contribution is 2.19. The lowest BCUT2D eigenvalue weighted by atomic mass is 10.1. The van der Waals surface area contributed by atoms with Gasteiger partial charge in [0.2, 0.25) is 0 Å². The van der Waals surface area contributed by atoms with Crippen LogP contribution in [-0.4, -0.2) is 36.1 Å². The van der Waals surface area contributed by atoms with Crippen LogP contribution in [0, 0.1) is 0 Å². The zero-order valence-corrected chi connectivity index (χ0v) is 12.0. The van der Waals surface area contributed by atoms with Crippen LogP contribution in [0.3, 0.4) is 0 Å². The Morgan fingerprint density at radius 3 is 2.95 bits per heavy atom. The lowest BCUT2D eigenvalue weighted by Gasteiger charge is -2.19. The first-order chi connectivity index (χ1) is 9.20. The second kappa shape index (κ2) is 6.87. The van der Waals surface area contributed by atoms with Gasteiger partial charge in [-0.25, -0.2) is 0 Å². The number of nitrogens with zero attached hydrogens (tertiary/aromatic N) is 2. The molecule has 2 rings (SSSR count). The van der Waals surface area contributed by atoms with Gasteiger partial charge in [0, 0.05) is 12.1 Å². The minimum Gasteiger partial charge on any atom is -0.492 e. The first kappa shape index (κ1) is 14.3. The fourth-order valence-electron chi connectivity index (χ4n) is 2.56. The Morgan fingerprint density at radius 1 is 1.53 bits per heavy atom. The lowest BCUT2D eigenvalue weighted by molar-refractivity contribution is 0.233. The molecule has 1 saturated heterocycles. The summed E-state index contributed by atoms with van der Waals surface area (Å²) in [5, 5.41) is 0. The molecule has 0 saturated carbocycles. The van der Waals surface area contributed by atoms with Crippen molar-refractivity contribution in [2.75, 3.05) is 20.2 Å². The monoisotopic (exact) mass is 263 g/mol. The Morgan fingerprint density at radius 2 is 2.37 bits per heavy atom. The summed E-state index contributed by atoms with van der Waals surface area (Å²) < 4.78 is 5.75. The van der Waals surface area contributed by atoms with Crippen LogP contribution in [-0.2, 0) is 0 Å². The highest BCUT2D eigenvalue weighted by molar-refractivity contribution is 5.21. The molecule has 2 N–H and O–H groups in total. The van der Waals surface area contributed by atoms with Gasteiger partial charge in [-0.1, -0.05) is 6.92 Å². The average Bonchev–Trinajstić information content (AvgIpc) is 2.84. The summed E-state index contributed by atoms with van der Waals surface area (Å²) in [4.78, 5) is 6.78. The highest BCUT2D eigenvalue weighted by atomic mass is 16.5. The maximum atomic E-state index is 5.93. The summed E-state index contributed by atoms with van der Waals surface area (Å²) in [5.74, 6) is 0.840. The van der Waals surface area contributed by atoms with E-state index < -0.39 is 0 Å². The highest BCUT2D eigenvalue weighted by Gasteiger charge is 2.20. The molecule has 0 amide bonds. The number of rotatable bonds is 6. The number of hydrogen-bond acceptors (Lipinski definition) is 4. The molecule has 1 aliphatic heterocycles. The fraction of sp³-hybridized carbons (Fsp3) is 0.667. The van der Waals surface area contributed by atoms with E-state index in [1.807, 2.05) is 12.1 Å². The molecule has 2 atom stereocenters. The van der Waals surface area contributed by atoms with Gasteiger partial charge in [0.05, 0.1) is 18.5 Å². The van der Waals surface area contributed by atoms with Crippen LogP contribution in [0.25, 0.3) is 0 Å². The maximum absolute atomic E-state index is 5.93. The van der Waals surface area contributed by atoms with E-state index in [9.17, 15) is 0 Å². The Labute approximate surface area is 116 Å². The SMILES string of the molecule is CC[C@H](N)c1ccc(OCCC2CCCN2C)cn1. The molecule has 1 unspecified atom stereocenters. The van der Waals surface area contributed by atoms with E-state index in [4.69, 9.17) is 10.5 Å². The van der Waals surface area contributed by atoms with E-state index in [0.717, 1.165) is 30.9 Å². The number of aromatic nitrogens is 1. The number of ether oxygens (including phenoxy) is 1. The molecule has 0 aromatic carbocycles. The van der Waals surface area contributed by atoms with Crippen molar-refractivity contribution in [3.63, 3.8) is 0 Å². The van der Waals surface area contributed by atoms with E-state index in [1.165, 1.54) is 19.4 Å². The Hall–Kier alpha value is -1.13. The van der Waals surface area contributed by atoms with Crippen LogP contribution in [0.15, 0.2) is 18.3 Å². The van der Waals surface area contributed by atoms with Gasteiger partial charge in [-0.05, 0) is 51.4 Å². The molecule has 106 valence electrons. The average molecular weight is 263 g/mol. The summed E-state index contributed by atoms with van der Waals surface area (Å²) in [5.41, 5.74) is 6.87. The van der Waals surface area contributed by atoms with Crippen molar-refractivity contribution in [1.29, 1.82) is 0 Å². The number of nitrogens with two attached hydrogens (primary N) is 1. The molecule has 4 nitrogen and oxygen atoms in total. The lowest BCUT2D eigenvalue weighted by Crippen LogP contribution is -2.26. The summed E-state index contributed by atoms with van der Waals surface area (Å²) in [7, 11) is 2.19. The second-order valence-corrected chi connectivity index (χ2v) is 5.35. The van der Waals surface area contributed by atoms with E-state index in [0.29, 0.717) is 6.04 Å². The van der Waals surface area contributed by atoms with E-state index in [-0.39, 0.29) is 6.04 Å². The molecule has 1 aliphatic rings. The van der Waals surface area contributed by atoms with Crippen molar-refractivity contribution in [1.82, 2.24) is 9.88 Å². The Balaban J connectivity index is 1.77. The Bertz CT molecular complexity index is 379. The molecule has 1 aromatic rings. The number of likely N-dealkylation sites (tertiary alicyclic amines) is 1. The largest absolute Gasteiger partial charge is 0.492 e. The molecule has 0 spiro atoms. The molecular weight excluding hydrogens is 238 g/mol. The van der Waals surface area contributed by atoms with Gasteiger partial charge >= 0.3 is 0 Å². The zero-order valence-electron chi connectivity index (χ0n) is 12.0. The zero-order chi connectivity index (χ0) is 13.7. The number of pyridine rings is 1. The Kier molecular flexibility index (Phi) is 5.16. The van der Waals surface area contributed by atoms with Gasteiger partial charge in [0.15, 0.2) is 0 Å². The molecule has 0 aliphatic carbocycles. The first-order valence-corrected chi connectivity index (χ1v) is 7.25. The first-order valence-electron chi connectivity index (χ1n) is 7.25. The smallest absolute Gasteiger partial charge is 0.137 e.